The largest absolute Gasteiger partial charge is 0.375 e. The molecule has 0 saturated carbocycles. The third-order valence-electron chi connectivity index (χ3n) is 3.94. The number of benzene rings is 2. The highest BCUT2D eigenvalue weighted by molar-refractivity contribution is 6.08. The van der Waals surface area contributed by atoms with E-state index in [0.717, 1.165) is 11.1 Å². The van der Waals surface area contributed by atoms with Crippen molar-refractivity contribution >= 4 is 23.5 Å². The first-order valence-electron chi connectivity index (χ1n) is 7.40. The van der Waals surface area contributed by atoms with Gasteiger partial charge in [-0.2, -0.15) is 0 Å². The zero-order valence-corrected chi connectivity index (χ0v) is 12.7. The Bertz CT molecular complexity index is 796. The Morgan fingerprint density at radius 2 is 1.96 bits per heavy atom. The summed E-state index contributed by atoms with van der Waals surface area (Å²) in [7, 11) is 0. The molecule has 0 aromatic heterocycles. The quantitative estimate of drug-likeness (QED) is 0.854. The third kappa shape index (κ3) is 2.94. The summed E-state index contributed by atoms with van der Waals surface area (Å²) in [5.41, 5.74) is 1.03. The summed E-state index contributed by atoms with van der Waals surface area (Å²) >= 11 is 0. The van der Waals surface area contributed by atoms with E-state index in [9.17, 15) is 14.7 Å². The van der Waals surface area contributed by atoms with Gasteiger partial charge < -0.3 is 10.4 Å². The van der Waals surface area contributed by atoms with Crippen LogP contribution in [0, 0.1) is 6.92 Å². The molecule has 1 amide bonds. The van der Waals surface area contributed by atoms with Gasteiger partial charge in [-0.05, 0) is 24.6 Å². The summed E-state index contributed by atoms with van der Waals surface area (Å²) < 4.78 is 0. The minimum atomic E-state index is -1.81. The van der Waals surface area contributed by atoms with E-state index in [2.05, 4.69) is 5.32 Å². The van der Waals surface area contributed by atoms with Gasteiger partial charge in [0.05, 0.1) is 6.42 Å². The maximum atomic E-state index is 12.2. The van der Waals surface area contributed by atoms with Crippen molar-refractivity contribution in [2.45, 2.75) is 18.9 Å². The van der Waals surface area contributed by atoms with Crippen LogP contribution in [-0.2, 0) is 15.2 Å². The van der Waals surface area contributed by atoms with E-state index in [1.165, 1.54) is 6.08 Å². The molecule has 116 valence electrons. The second-order valence-corrected chi connectivity index (χ2v) is 5.75. The lowest BCUT2D eigenvalue weighted by Crippen LogP contribution is -2.36. The van der Waals surface area contributed by atoms with E-state index in [-0.39, 0.29) is 12.2 Å². The molecule has 0 bridgehead atoms. The van der Waals surface area contributed by atoms with Crippen LogP contribution in [0.1, 0.15) is 23.1 Å². The Hall–Kier alpha value is -2.72. The number of ketones is 1. The normalized spacial score (nSPS) is 19.7. The maximum absolute atomic E-state index is 12.2. The molecule has 3 rings (SSSR count). The molecule has 23 heavy (non-hydrogen) atoms. The van der Waals surface area contributed by atoms with Crippen LogP contribution >= 0.6 is 0 Å². The van der Waals surface area contributed by atoms with Gasteiger partial charge in [0.15, 0.2) is 11.4 Å². The van der Waals surface area contributed by atoms with Crippen molar-refractivity contribution in [2.75, 3.05) is 5.32 Å². The highest BCUT2D eigenvalue weighted by atomic mass is 16.3. The first-order chi connectivity index (χ1) is 11.0. The zero-order chi connectivity index (χ0) is 16.4. The third-order valence-corrected chi connectivity index (χ3v) is 3.94. The van der Waals surface area contributed by atoms with E-state index in [4.69, 9.17) is 0 Å². The summed E-state index contributed by atoms with van der Waals surface area (Å²) in [5.74, 6) is -0.861. The van der Waals surface area contributed by atoms with Gasteiger partial charge in [-0.3, -0.25) is 9.59 Å². The molecule has 0 aliphatic carbocycles. The molecule has 1 atom stereocenters. The van der Waals surface area contributed by atoms with Crippen LogP contribution in [-0.4, -0.2) is 16.8 Å². The number of fused-ring (bicyclic) bond motifs is 1. The molecule has 1 aliphatic heterocycles. The van der Waals surface area contributed by atoms with Crippen LogP contribution in [0.3, 0.4) is 0 Å². The molecule has 1 unspecified atom stereocenters. The molecule has 4 heteroatoms. The maximum Gasteiger partial charge on any atom is 0.261 e. The minimum Gasteiger partial charge on any atom is -0.375 e. The Morgan fingerprint density at radius 3 is 2.70 bits per heavy atom. The first-order valence-corrected chi connectivity index (χ1v) is 7.40. The van der Waals surface area contributed by atoms with E-state index in [1.807, 2.05) is 43.3 Å². The Morgan fingerprint density at radius 1 is 1.22 bits per heavy atom. The first kappa shape index (κ1) is 15.2. The van der Waals surface area contributed by atoms with Crippen molar-refractivity contribution in [3.8, 4) is 0 Å². The van der Waals surface area contributed by atoms with Crippen LogP contribution in [0.5, 0.6) is 0 Å². The molecule has 4 nitrogen and oxygen atoms in total. The summed E-state index contributed by atoms with van der Waals surface area (Å²) in [6.45, 7) is 1.88. The number of aryl methyl sites for hydroxylation is 1. The second kappa shape index (κ2) is 5.82. The number of hydrogen-bond donors (Lipinski definition) is 2. The number of carbonyl (C=O) groups is 2. The van der Waals surface area contributed by atoms with E-state index in [0.29, 0.717) is 11.3 Å². The van der Waals surface area contributed by atoms with Crippen LogP contribution in [0.15, 0.2) is 54.6 Å². The van der Waals surface area contributed by atoms with E-state index >= 15 is 0 Å². The van der Waals surface area contributed by atoms with Crippen LogP contribution in [0.2, 0.25) is 0 Å². The number of amides is 1. The lowest BCUT2D eigenvalue weighted by molar-refractivity contribution is -0.138. The molecule has 2 aromatic carbocycles. The predicted octanol–water partition coefficient (Wildman–Crippen LogP) is 2.81. The number of nitrogens with one attached hydrogen (secondary N) is 1. The summed E-state index contributed by atoms with van der Waals surface area (Å²) in [6, 6.07) is 14.7. The topological polar surface area (TPSA) is 66.4 Å². The van der Waals surface area contributed by atoms with Crippen LogP contribution in [0.25, 0.3) is 6.08 Å². The highest BCUT2D eigenvalue weighted by Gasteiger charge is 2.46. The molecule has 1 aliphatic rings. The predicted molar refractivity (Wildman–Crippen MR) is 88.8 cm³/mol. The molecule has 2 N–H and O–H groups in total. The van der Waals surface area contributed by atoms with Gasteiger partial charge in [-0.15, -0.1) is 0 Å². The Kier molecular flexibility index (Phi) is 3.84. The Balaban J connectivity index is 1.82. The van der Waals surface area contributed by atoms with Crippen molar-refractivity contribution in [1.82, 2.24) is 0 Å². The number of carbonyl (C=O) groups excluding carboxylic acids is 2. The summed E-state index contributed by atoms with van der Waals surface area (Å²) in [5, 5.41) is 13.4. The molecule has 0 spiro atoms. The van der Waals surface area contributed by atoms with Gasteiger partial charge in [-0.25, -0.2) is 0 Å². The van der Waals surface area contributed by atoms with Crippen molar-refractivity contribution in [3.63, 3.8) is 0 Å². The summed E-state index contributed by atoms with van der Waals surface area (Å²) in [4.78, 5) is 24.3. The second-order valence-electron chi connectivity index (χ2n) is 5.75. The van der Waals surface area contributed by atoms with Gasteiger partial charge >= 0.3 is 0 Å². The van der Waals surface area contributed by atoms with Gasteiger partial charge in [0.2, 0.25) is 0 Å². The zero-order valence-electron chi connectivity index (χ0n) is 12.7. The van der Waals surface area contributed by atoms with Crippen LogP contribution in [0.4, 0.5) is 5.69 Å². The fourth-order valence-electron chi connectivity index (χ4n) is 2.70. The van der Waals surface area contributed by atoms with Gasteiger partial charge in [0.1, 0.15) is 0 Å². The average molecular weight is 307 g/mol. The van der Waals surface area contributed by atoms with Gasteiger partial charge in [0.25, 0.3) is 5.91 Å². The van der Waals surface area contributed by atoms with Crippen molar-refractivity contribution in [1.29, 1.82) is 0 Å². The number of allylic oxidation sites excluding steroid dienone is 1. The lowest BCUT2D eigenvalue weighted by atomic mass is 9.89. The molecular weight excluding hydrogens is 290 g/mol. The van der Waals surface area contributed by atoms with Gasteiger partial charge in [0, 0.05) is 11.3 Å². The minimum absolute atomic E-state index is 0.279. The van der Waals surface area contributed by atoms with Crippen molar-refractivity contribution in [2.24, 2.45) is 0 Å². The molecular formula is C19H17NO3. The van der Waals surface area contributed by atoms with Crippen LogP contribution < -0.4 is 5.32 Å². The average Bonchev–Trinajstić information content (AvgIpc) is 2.78. The fourth-order valence-corrected chi connectivity index (χ4v) is 2.70. The molecule has 0 saturated heterocycles. The molecule has 1 heterocycles. The molecule has 2 aromatic rings. The number of hydrogen-bond acceptors (Lipinski definition) is 3. The van der Waals surface area contributed by atoms with Gasteiger partial charge in [-0.1, -0.05) is 54.1 Å². The standard InChI is InChI=1S/C19H17NO3/c1-13-7-10-17-16(11-13)19(23,18(22)20-17)12-15(21)9-8-14-5-3-2-4-6-14/h2-11,23H,12H2,1H3,(H,20,22)/b9-8+. The number of rotatable bonds is 4. The molecule has 0 fully saturated rings. The number of aliphatic hydroxyl groups is 1. The highest BCUT2D eigenvalue weighted by Crippen LogP contribution is 2.39. The monoisotopic (exact) mass is 307 g/mol. The van der Waals surface area contributed by atoms with E-state index in [1.54, 1.807) is 18.2 Å². The van der Waals surface area contributed by atoms with Crippen molar-refractivity contribution < 1.29 is 14.7 Å². The smallest absolute Gasteiger partial charge is 0.261 e. The van der Waals surface area contributed by atoms with Crippen molar-refractivity contribution in [3.05, 3.63) is 71.3 Å². The fraction of sp³-hybridized carbons (Fsp3) is 0.158. The molecule has 0 radical (unpaired) electrons. The number of anilines is 1. The Labute approximate surface area is 134 Å². The SMILES string of the molecule is Cc1ccc2c(c1)C(O)(CC(=O)/C=C/c1ccccc1)C(=O)N2. The lowest BCUT2D eigenvalue weighted by Gasteiger charge is -2.19. The van der Waals surface area contributed by atoms with E-state index < -0.39 is 11.5 Å². The summed E-state index contributed by atoms with van der Waals surface area (Å²) in [6.07, 6.45) is 2.79.